The van der Waals surface area contributed by atoms with Gasteiger partial charge in [-0.15, -0.1) is 0 Å². The van der Waals surface area contributed by atoms with E-state index >= 15 is 0 Å². The number of anilines is 1. The molecule has 2 rings (SSSR count). The maximum Gasteiger partial charge on any atom is 0.338 e. The van der Waals surface area contributed by atoms with E-state index in [0.717, 1.165) is 19.3 Å². The Morgan fingerprint density at radius 1 is 1.10 bits per heavy atom. The number of amides is 2. The molecule has 8 heteroatoms. The monoisotopic (exact) mass is 433 g/mol. The Hall–Kier alpha value is -2.48. The third kappa shape index (κ3) is 6.26. The molecule has 0 saturated carbocycles. The number of carbonyl (C=O) groups excluding carboxylic acids is 3. The second-order valence-corrected chi connectivity index (χ2v) is 7.72. The van der Waals surface area contributed by atoms with Crippen molar-refractivity contribution in [1.29, 1.82) is 0 Å². The van der Waals surface area contributed by atoms with Crippen molar-refractivity contribution in [3.63, 3.8) is 0 Å². The minimum atomic E-state index is -0.576. The third-order valence-electron chi connectivity index (χ3n) is 5.09. The number of nitrogens with one attached hydrogen (secondary N) is 1. The average molecular weight is 434 g/mol. The molecule has 0 radical (unpaired) electrons. The van der Waals surface area contributed by atoms with Crippen molar-refractivity contribution in [2.45, 2.75) is 58.4 Å². The van der Waals surface area contributed by atoms with Crippen LogP contribution in [0, 0.1) is 0 Å². The molecule has 30 heavy (non-hydrogen) atoms. The zero-order valence-corrected chi connectivity index (χ0v) is 18.8. The summed E-state index contributed by atoms with van der Waals surface area (Å²) in [6.45, 7) is 4.89. The summed E-state index contributed by atoms with van der Waals surface area (Å²) in [6.07, 6.45) is 5.58. The van der Waals surface area contributed by atoms with E-state index in [9.17, 15) is 14.4 Å². The molecule has 0 spiro atoms. The minimum absolute atomic E-state index is 0.0257. The first-order valence-corrected chi connectivity index (χ1v) is 10.9. The number of hydrogen-bond donors (Lipinski definition) is 1. The van der Waals surface area contributed by atoms with Crippen molar-refractivity contribution < 1.29 is 19.1 Å². The summed E-state index contributed by atoms with van der Waals surface area (Å²) in [6, 6.07) is 5.90. The van der Waals surface area contributed by atoms with E-state index in [1.165, 1.54) is 17.7 Å². The van der Waals surface area contributed by atoms with Crippen molar-refractivity contribution in [2.75, 3.05) is 25.5 Å². The number of esters is 1. The van der Waals surface area contributed by atoms with Gasteiger partial charge in [-0.25, -0.2) is 4.79 Å². The Balaban J connectivity index is 1.94. The number of likely N-dealkylation sites (N-methyl/N-ethyl adjacent to an activating group) is 1. The number of ether oxygens (including phenoxy) is 1. The highest BCUT2D eigenvalue weighted by molar-refractivity contribution is 7.80. The quantitative estimate of drug-likeness (QED) is 0.326. The summed E-state index contributed by atoms with van der Waals surface area (Å²) in [5, 5.41) is 3.27. The lowest BCUT2D eigenvalue weighted by molar-refractivity contribution is -0.130. The van der Waals surface area contributed by atoms with Gasteiger partial charge in [-0.2, -0.15) is 0 Å². The topological polar surface area (TPSA) is 79.0 Å². The Kier molecular flexibility index (Phi) is 9.23. The fraction of sp³-hybridized carbons (Fsp3) is 0.545. The molecule has 164 valence electrons. The third-order valence-corrected chi connectivity index (χ3v) is 5.59. The summed E-state index contributed by atoms with van der Waals surface area (Å²) in [4.78, 5) is 40.2. The highest BCUT2D eigenvalue weighted by Gasteiger charge is 2.41. The molecular weight excluding hydrogens is 402 g/mol. The molecule has 1 aromatic carbocycles. The highest BCUT2D eigenvalue weighted by atomic mass is 32.1. The van der Waals surface area contributed by atoms with E-state index in [1.807, 2.05) is 4.90 Å². The van der Waals surface area contributed by atoms with Crippen LogP contribution in [0.1, 0.15) is 62.7 Å². The second kappa shape index (κ2) is 11.6. The fourth-order valence-corrected chi connectivity index (χ4v) is 3.71. The van der Waals surface area contributed by atoms with Gasteiger partial charge >= 0.3 is 5.97 Å². The van der Waals surface area contributed by atoms with Gasteiger partial charge < -0.3 is 15.0 Å². The van der Waals surface area contributed by atoms with E-state index in [4.69, 9.17) is 17.0 Å². The molecular formula is C22H31N3O4S. The lowest BCUT2D eigenvalue weighted by atomic mass is 10.1. The molecule has 1 saturated heterocycles. The average Bonchev–Trinajstić information content (AvgIpc) is 2.92. The summed E-state index contributed by atoms with van der Waals surface area (Å²) in [5.74, 6) is -0.828. The smallest absolute Gasteiger partial charge is 0.338 e. The number of unbranched alkanes of at least 4 members (excludes halogenated alkanes) is 4. The van der Waals surface area contributed by atoms with Crippen LogP contribution >= 0.6 is 12.2 Å². The fourth-order valence-electron chi connectivity index (χ4n) is 3.40. The molecule has 0 aromatic heterocycles. The zero-order valence-electron chi connectivity index (χ0n) is 18.0. The van der Waals surface area contributed by atoms with Crippen LogP contribution in [0.3, 0.4) is 0 Å². The molecule has 7 nitrogen and oxygen atoms in total. The van der Waals surface area contributed by atoms with Crippen molar-refractivity contribution >= 4 is 40.8 Å². The molecule has 1 fully saturated rings. The first-order chi connectivity index (χ1) is 14.4. The number of hydrogen-bond acceptors (Lipinski definition) is 5. The lowest BCUT2D eigenvalue weighted by Crippen LogP contribution is -2.38. The standard InChI is InChI=1S/C22H31N3O4S/c1-4-6-7-8-9-14-25-18(20(27)24(3)22(25)30)15-19(26)23-17-12-10-16(11-13-17)21(28)29-5-2/h10-13,18H,4-9,14-15H2,1-3H3,(H,23,26). The van der Waals surface area contributed by atoms with E-state index in [1.54, 1.807) is 38.2 Å². The molecule has 1 atom stereocenters. The molecule has 2 amide bonds. The van der Waals surface area contributed by atoms with Crippen molar-refractivity contribution in [3.05, 3.63) is 29.8 Å². The van der Waals surface area contributed by atoms with Gasteiger partial charge in [-0.05, 0) is 49.8 Å². The minimum Gasteiger partial charge on any atom is -0.462 e. The van der Waals surface area contributed by atoms with E-state index in [-0.39, 0.29) is 18.2 Å². The van der Waals surface area contributed by atoms with E-state index < -0.39 is 12.0 Å². The molecule has 1 N–H and O–H groups in total. The van der Waals surface area contributed by atoms with Crippen LogP contribution in [0.25, 0.3) is 0 Å². The number of nitrogens with zero attached hydrogens (tertiary/aromatic N) is 2. The molecule has 1 aliphatic rings. The SMILES string of the molecule is CCCCCCCN1C(=S)N(C)C(=O)C1CC(=O)Nc1ccc(C(=O)OCC)cc1. The van der Waals surface area contributed by atoms with Crippen LogP contribution in [-0.4, -0.2) is 58.9 Å². The predicted octanol–water partition coefficient (Wildman–Crippen LogP) is 3.59. The summed E-state index contributed by atoms with van der Waals surface area (Å²) >= 11 is 5.42. The normalized spacial score (nSPS) is 16.2. The Labute approximate surface area is 183 Å². The van der Waals surface area contributed by atoms with E-state index in [2.05, 4.69) is 12.2 Å². The Bertz CT molecular complexity index is 766. The van der Waals surface area contributed by atoms with Crippen molar-refractivity contribution in [3.8, 4) is 0 Å². The summed E-state index contributed by atoms with van der Waals surface area (Å²) < 4.78 is 4.95. The molecule has 1 heterocycles. The first kappa shape index (κ1) is 23.8. The molecule has 0 aliphatic carbocycles. The molecule has 1 aliphatic heterocycles. The number of thiocarbonyl (C=S) groups is 1. The Morgan fingerprint density at radius 2 is 1.77 bits per heavy atom. The molecule has 1 aromatic rings. The number of rotatable bonds is 11. The number of carbonyl (C=O) groups is 3. The summed E-state index contributed by atoms with van der Waals surface area (Å²) in [7, 11) is 1.65. The highest BCUT2D eigenvalue weighted by Crippen LogP contribution is 2.21. The maximum atomic E-state index is 12.6. The Morgan fingerprint density at radius 3 is 2.40 bits per heavy atom. The lowest BCUT2D eigenvalue weighted by Gasteiger charge is -2.23. The van der Waals surface area contributed by atoms with Crippen LogP contribution in [0.15, 0.2) is 24.3 Å². The summed E-state index contributed by atoms with van der Waals surface area (Å²) in [5.41, 5.74) is 0.975. The van der Waals surface area contributed by atoms with E-state index in [0.29, 0.717) is 29.5 Å². The number of benzene rings is 1. The van der Waals surface area contributed by atoms with Gasteiger partial charge in [-0.3, -0.25) is 14.5 Å². The van der Waals surface area contributed by atoms with Crippen LogP contribution in [0.2, 0.25) is 0 Å². The van der Waals surface area contributed by atoms with Crippen molar-refractivity contribution in [1.82, 2.24) is 9.80 Å². The van der Waals surface area contributed by atoms with Gasteiger partial charge in [0.25, 0.3) is 5.91 Å². The van der Waals surface area contributed by atoms with Crippen molar-refractivity contribution in [2.24, 2.45) is 0 Å². The van der Waals surface area contributed by atoms with Gasteiger partial charge in [0.05, 0.1) is 18.6 Å². The predicted molar refractivity (Wildman–Crippen MR) is 120 cm³/mol. The van der Waals surface area contributed by atoms with Gasteiger partial charge in [0.15, 0.2) is 5.11 Å². The molecule has 0 bridgehead atoms. The molecule has 1 unspecified atom stereocenters. The largest absolute Gasteiger partial charge is 0.462 e. The van der Waals surface area contributed by atoms with Gasteiger partial charge in [0.1, 0.15) is 6.04 Å². The zero-order chi connectivity index (χ0) is 22.1. The van der Waals surface area contributed by atoms with Crippen LogP contribution in [0.5, 0.6) is 0 Å². The second-order valence-electron chi connectivity index (χ2n) is 7.35. The van der Waals surface area contributed by atoms with Gasteiger partial charge in [-0.1, -0.05) is 32.6 Å². The van der Waals surface area contributed by atoms with Crippen LogP contribution < -0.4 is 5.32 Å². The van der Waals surface area contributed by atoms with Gasteiger partial charge in [0, 0.05) is 19.3 Å². The van der Waals surface area contributed by atoms with Gasteiger partial charge in [0.2, 0.25) is 5.91 Å². The van der Waals surface area contributed by atoms with Crippen LogP contribution in [-0.2, 0) is 14.3 Å². The maximum absolute atomic E-state index is 12.6. The van der Waals surface area contributed by atoms with Crippen LogP contribution in [0.4, 0.5) is 5.69 Å². The first-order valence-electron chi connectivity index (χ1n) is 10.5.